The summed E-state index contributed by atoms with van der Waals surface area (Å²) >= 11 is 0. The van der Waals surface area contributed by atoms with Crippen LogP contribution in [0, 0.1) is 0 Å². The molecule has 0 fully saturated rings. The Morgan fingerprint density at radius 3 is 2.45 bits per heavy atom. The third kappa shape index (κ3) is 5.19. The zero-order chi connectivity index (χ0) is 20.8. The fraction of sp³-hybridized carbons (Fsp3) is 0.143. The summed E-state index contributed by atoms with van der Waals surface area (Å²) in [6.07, 6.45) is 0. The van der Waals surface area contributed by atoms with Gasteiger partial charge in [0.2, 0.25) is 0 Å². The van der Waals surface area contributed by atoms with E-state index in [2.05, 4.69) is 10.1 Å². The van der Waals surface area contributed by atoms with Crippen LogP contribution >= 0.6 is 0 Å². The number of fused-ring (bicyclic) bond motifs is 1. The molecular weight excluding hydrogens is 384 g/mol. The monoisotopic (exact) mass is 401 g/mol. The molecule has 0 radical (unpaired) electrons. The second-order valence-corrected chi connectivity index (χ2v) is 5.93. The Balaban J connectivity index is 1.59. The van der Waals surface area contributed by atoms with Crippen LogP contribution in [-0.4, -0.2) is 32.2 Å². The lowest BCUT2D eigenvalue weighted by Crippen LogP contribution is -2.21. The molecule has 3 aromatic rings. The molecule has 0 aliphatic heterocycles. The maximum Gasteiger partial charge on any atom is 0.387 e. The number of amides is 1. The summed E-state index contributed by atoms with van der Waals surface area (Å²) in [7, 11) is 1.25. The predicted octanol–water partition coefficient (Wildman–Crippen LogP) is 4.25. The molecule has 8 heteroatoms. The van der Waals surface area contributed by atoms with E-state index in [-0.39, 0.29) is 17.1 Å². The molecule has 0 bridgehead atoms. The number of halogens is 2. The SMILES string of the molecule is COc1cc(C(=O)OCC(=O)Nc2ccc3ccccc3c2)ccc1OC(F)F. The Morgan fingerprint density at radius 2 is 1.72 bits per heavy atom. The van der Waals surface area contributed by atoms with Crippen LogP contribution in [0.1, 0.15) is 10.4 Å². The van der Waals surface area contributed by atoms with Gasteiger partial charge in [-0.2, -0.15) is 8.78 Å². The highest BCUT2D eigenvalue weighted by atomic mass is 19.3. The number of carbonyl (C=O) groups is 2. The number of carbonyl (C=O) groups excluding carboxylic acids is 2. The van der Waals surface area contributed by atoms with Crippen molar-refractivity contribution >= 4 is 28.3 Å². The second-order valence-electron chi connectivity index (χ2n) is 5.93. The van der Waals surface area contributed by atoms with Crippen molar-refractivity contribution in [2.75, 3.05) is 19.0 Å². The van der Waals surface area contributed by atoms with Crippen LogP contribution in [0.15, 0.2) is 60.7 Å². The van der Waals surface area contributed by atoms with Gasteiger partial charge in [0.15, 0.2) is 18.1 Å². The molecule has 3 aromatic carbocycles. The maximum atomic E-state index is 12.4. The van der Waals surface area contributed by atoms with Crippen LogP contribution in [-0.2, 0) is 9.53 Å². The van der Waals surface area contributed by atoms with Crippen LogP contribution < -0.4 is 14.8 Å². The van der Waals surface area contributed by atoms with E-state index in [1.807, 2.05) is 36.4 Å². The quantitative estimate of drug-likeness (QED) is 0.600. The average molecular weight is 401 g/mol. The normalized spacial score (nSPS) is 10.6. The highest BCUT2D eigenvalue weighted by molar-refractivity contribution is 5.97. The number of benzene rings is 3. The Bertz CT molecular complexity index is 1040. The zero-order valence-electron chi connectivity index (χ0n) is 15.4. The van der Waals surface area contributed by atoms with Crippen LogP contribution in [0.3, 0.4) is 0 Å². The molecular formula is C21H17F2NO5. The Kier molecular flexibility index (Phi) is 6.23. The van der Waals surface area contributed by atoms with E-state index in [4.69, 9.17) is 9.47 Å². The van der Waals surface area contributed by atoms with Crippen molar-refractivity contribution in [2.24, 2.45) is 0 Å². The Labute approximate surface area is 165 Å². The zero-order valence-corrected chi connectivity index (χ0v) is 15.4. The van der Waals surface area contributed by atoms with Crippen molar-refractivity contribution in [3.8, 4) is 11.5 Å². The number of hydrogen-bond donors (Lipinski definition) is 1. The van der Waals surface area contributed by atoms with Crippen molar-refractivity contribution in [3.63, 3.8) is 0 Å². The first-order chi connectivity index (χ1) is 14.0. The molecule has 0 saturated heterocycles. The van der Waals surface area contributed by atoms with E-state index in [0.717, 1.165) is 16.8 Å². The summed E-state index contributed by atoms with van der Waals surface area (Å²) in [5.41, 5.74) is 0.599. The van der Waals surface area contributed by atoms with Gasteiger partial charge in [-0.05, 0) is 41.1 Å². The van der Waals surface area contributed by atoms with E-state index in [9.17, 15) is 18.4 Å². The molecule has 3 rings (SSSR count). The van der Waals surface area contributed by atoms with Gasteiger partial charge in [0.05, 0.1) is 12.7 Å². The molecule has 0 aliphatic carbocycles. The van der Waals surface area contributed by atoms with Crippen molar-refractivity contribution in [1.82, 2.24) is 0 Å². The molecule has 150 valence electrons. The van der Waals surface area contributed by atoms with Crippen LogP contribution in [0.2, 0.25) is 0 Å². The summed E-state index contributed by atoms with van der Waals surface area (Å²) in [6, 6.07) is 16.7. The number of anilines is 1. The van der Waals surface area contributed by atoms with Gasteiger partial charge in [-0.25, -0.2) is 4.79 Å². The number of methoxy groups -OCH3 is 1. The highest BCUT2D eigenvalue weighted by Crippen LogP contribution is 2.29. The summed E-state index contributed by atoms with van der Waals surface area (Å²) in [5.74, 6) is -1.59. The van der Waals surface area contributed by atoms with E-state index < -0.39 is 25.1 Å². The second kappa shape index (κ2) is 9.01. The number of ether oxygens (including phenoxy) is 3. The van der Waals surface area contributed by atoms with Gasteiger partial charge in [-0.3, -0.25) is 4.79 Å². The highest BCUT2D eigenvalue weighted by Gasteiger charge is 2.16. The first kappa shape index (κ1) is 20.1. The van der Waals surface area contributed by atoms with Crippen LogP contribution in [0.4, 0.5) is 14.5 Å². The molecule has 0 heterocycles. The molecule has 29 heavy (non-hydrogen) atoms. The Hall–Kier alpha value is -3.68. The number of alkyl halides is 2. The third-order valence-corrected chi connectivity index (χ3v) is 3.98. The van der Waals surface area contributed by atoms with Gasteiger partial charge < -0.3 is 19.5 Å². The number of esters is 1. The molecule has 0 unspecified atom stereocenters. The molecule has 1 amide bonds. The fourth-order valence-electron chi connectivity index (χ4n) is 2.67. The number of nitrogens with one attached hydrogen (secondary N) is 1. The third-order valence-electron chi connectivity index (χ3n) is 3.98. The topological polar surface area (TPSA) is 73.9 Å². The van der Waals surface area contributed by atoms with E-state index in [1.54, 1.807) is 6.07 Å². The van der Waals surface area contributed by atoms with E-state index in [0.29, 0.717) is 5.69 Å². The molecule has 6 nitrogen and oxygen atoms in total. The molecule has 1 N–H and O–H groups in total. The van der Waals surface area contributed by atoms with E-state index in [1.165, 1.54) is 19.2 Å². The molecule has 0 aromatic heterocycles. The first-order valence-corrected chi connectivity index (χ1v) is 8.55. The van der Waals surface area contributed by atoms with Crippen molar-refractivity contribution in [2.45, 2.75) is 6.61 Å². The minimum absolute atomic E-state index is 0.0296. The number of rotatable bonds is 7. The Morgan fingerprint density at radius 1 is 0.966 bits per heavy atom. The molecule has 0 aliphatic rings. The van der Waals surface area contributed by atoms with Gasteiger partial charge in [-0.15, -0.1) is 0 Å². The van der Waals surface area contributed by atoms with Crippen LogP contribution in [0.5, 0.6) is 11.5 Å². The number of hydrogen-bond acceptors (Lipinski definition) is 5. The smallest absolute Gasteiger partial charge is 0.387 e. The lowest BCUT2D eigenvalue weighted by molar-refractivity contribution is -0.119. The summed E-state index contributed by atoms with van der Waals surface area (Å²) in [5, 5.41) is 4.64. The first-order valence-electron chi connectivity index (χ1n) is 8.55. The molecule has 0 saturated carbocycles. The van der Waals surface area contributed by atoms with Crippen LogP contribution in [0.25, 0.3) is 10.8 Å². The standard InChI is InChI=1S/C21H17F2NO5/c1-27-18-11-15(7-9-17(18)29-21(22)23)20(26)28-12-19(25)24-16-8-6-13-4-2-3-5-14(13)10-16/h2-11,21H,12H2,1H3,(H,24,25). The van der Waals surface area contributed by atoms with Crippen molar-refractivity contribution in [1.29, 1.82) is 0 Å². The predicted molar refractivity (Wildman–Crippen MR) is 102 cm³/mol. The summed E-state index contributed by atoms with van der Waals surface area (Å²) in [4.78, 5) is 24.2. The van der Waals surface area contributed by atoms with Crippen molar-refractivity contribution < 1.29 is 32.6 Å². The minimum Gasteiger partial charge on any atom is -0.493 e. The van der Waals surface area contributed by atoms with Gasteiger partial charge in [-0.1, -0.05) is 30.3 Å². The van der Waals surface area contributed by atoms with Gasteiger partial charge in [0.1, 0.15) is 0 Å². The fourth-order valence-corrected chi connectivity index (χ4v) is 2.67. The molecule has 0 atom stereocenters. The van der Waals surface area contributed by atoms with Crippen molar-refractivity contribution in [3.05, 3.63) is 66.2 Å². The summed E-state index contributed by atoms with van der Waals surface area (Å²) < 4.78 is 38.9. The van der Waals surface area contributed by atoms with Gasteiger partial charge in [0, 0.05) is 5.69 Å². The van der Waals surface area contributed by atoms with E-state index >= 15 is 0 Å². The van der Waals surface area contributed by atoms with Gasteiger partial charge in [0.25, 0.3) is 5.91 Å². The summed E-state index contributed by atoms with van der Waals surface area (Å²) in [6.45, 7) is -3.54. The lowest BCUT2D eigenvalue weighted by Gasteiger charge is -2.11. The largest absolute Gasteiger partial charge is 0.493 e. The maximum absolute atomic E-state index is 12.4. The minimum atomic E-state index is -3.03. The molecule has 0 spiro atoms. The lowest BCUT2D eigenvalue weighted by atomic mass is 10.1. The average Bonchev–Trinajstić information content (AvgIpc) is 2.71. The van der Waals surface area contributed by atoms with Gasteiger partial charge >= 0.3 is 12.6 Å².